The van der Waals surface area contributed by atoms with Gasteiger partial charge in [0.1, 0.15) is 27.3 Å². The molecule has 13 heteroatoms. The summed E-state index contributed by atoms with van der Waals surface area (Å²) in [5.41, 5.74) is -1.85. The summed E-state index contributed by atoms with van der Waals surface area (Å²) < 4.78 is 37.3. The number of carbonyl (C=O) groups is 2. The fourth-order valence-corrected chi connectivity index (χ4v) is 3.94. The Morgan fingerprint density at radius 2 is 1.85 bits per heavy atom. The standard InChI is InChI=1S/C27H25B2F2N5O4/c1-14-7-15(9-23(37)34-16-12-33-36(13-16)26(2,3)4)8-20(31)24(14)40-22-5-6-32-21-11-19(30)17(10-18(21)22)25(38)35-27(28,29)39/h5-8,10-13,39H,9H2,1-4H3,(H,34,37)(H,35,38). The first-order valence-corrected chi connectivity index (χ1v) is 12.1. The molecule has 0 saturated carbocycles. The van der Waals surface area contributed by atoms with Crippen LogP contribution >= 0.6 is 0 Å². The van der Waals surface area contributed by atoms with Gasteiger partial charge in [-0.2, -0.15) is 5.10 Å². The number of hydrogen-bond acceptors (Lipinski definition) is 6. The molecule has 9 nitrogen and oxygen atoms in total. The monoisotopic (exact) mass is 543 g/mol. The second-order valence-electron chi connectivity index (χ2n) is 10.3. The topological polar surface area (TPSA) is 118 Å². The number of benzene rings is 2. The maximum absolute atomic E-state index is 15.2. The van der Waals surface area contributed by atoms with Crippen LogP contribution in [-0.4, -0.2) is 52.9 Å². The maximum Gasteiger partial charge on any atom is 0.255 e. The maximum atomic E-state index is 15.2. The summed E-state index contributed by atoms with van der Waals surface area (Å²) in [5.74, 6) is -3.16. The van der Waals surface area contributed by atoms with Crippen LogP contribution in [0.4, 0.5) is 14.5 Å². The van der Waals surface area contributed by atoms with Crippen molar-refractivity contribution in [1.29, 1.82) is 0 Å². The largest absolute Gasteiger partial charge is 0.453 e. The van der Waals surface area contributed by atoms with E-state index in [1.807, 2.05) is 26.1 Å². The van der Waals surface area contributed by atoms with E-state index in [0.29, 0.717) is 16.8 Å². The first-order valence-electron chi connectivity index (χ1n) is 12.1. The van der Waals surface area contributed by atoms with Crippen LogP contribution in [0.15, 0.2) is 48.9 Å². The average Bonchev–Trinajstić information content (AvgIpc) is 3.28. The van der Waals surface area contributed by atoms with Crippen molar-refractivity contribution >= 4 is 44.1 Å². The van der Waals surface area contributed by atoms with Crippen molar-refractivity contribution in [1.82, 2.24) is 20.1 Å². The van der Waals surface area contributed by atoms with Crippen molar-refractivity contribution in [2.45, 2.75) is 45.2 Å². The van der Waals surface area contributed by atoms with Crippen molar-refractivity contribution in [3.8, 4) is 11.5 Å². The normalized spacial score (nSPS) is 11.9. The molecule has 4 rings (SSSR count). The number of hydrogen-bond donors (Lipinski definition) is 3. The van der Waals surface area contributed by atoms with Crippen LogP contribution in [0.2, 0.25) is 0 Å². The summed E-state index contributed by atoms with van der Waals surface area (Å²) in [6, 6.07) is 6.33. The number of ether oxygens (including phenoxy) is 1. The second kappa shape index (κ2) is 10.7. The molecule has 0 spiro atoms. The molecule has 4 aromatic rings. The van der Waals surface area contributed by atoms with Crippen LogP contribution in [0.25, 0.3) is 10.9 Å². The molecule has 0 aliphatic heterocycles. The molecule has 0 aliphatic carbocycles. The molecule has 2 amide bonds. The highest BCUT2D eigenvalue weighted by Gasteiger charge is 2.22. The molecule has 0 unspecified atom stereocenters. The lowest BCUT2D eigenvalue weighted by molar-refractivity contribution is -0.115. The van der Waals surface area contributed by atoms with Gasteiger partial charge >= 0.3 is 0 Å². The summed E-state index contributed by atoms with van der Waals surface area (Å²) in [5, 5.41) is 18.5. The highest BCUT2D eigenvalue weighted by atomic mass is 19.1. The van der Waals surface area contributed by atoms with Gasteiger partial charge in [0.25, 0.3) is 5.91 Å². The summed E-state index contributed by atoms with van der Waals surface area (Å²) in [6.45, 7) is 7.54. The number of carbonyl (C=O) groups excluding carboxylic acids is 2. The number of amides is 2. The van der Waals surface area contributed by atoms with Gasteiger partial charge < -0.3 is 20.5 Å². The highest BCUT2D eigenvalue weighted by Crippen LogP contribution is 2.34. The Kier molecular flexibility index (Phi) is 7.71. The van der Waals surface area contributed by atoms with E-state index < -0.39 is 28.6 Å². The lowest BCUT2D eigenvalue weighted by Gasteiger charge is -2.21. The number of nitrogens with zero attached hydrogens (tertiary/aromatic N) is 3. The predicted molar refractivity (Wildman–Crippen MR) is 146 cm³/mol. The summed E-state index contributed by atoms with van der Waals surface area (Å²) in [6.07, 6.45) is 4.50. The zero-order chi connectivity index (χ0) is 29.4. The van der Waals surface area contributed by atoms with E-state index in [-0.39, 0.29) is 40.3 Å². The Bertz CT molecular complexity index is 1590. The molecule has 0 atom stereocenters. The van der Waals surface area contributed by atoms with Gasteiger partial charge in [-0.25, -0.2) is 8.78 Å². The van der Waals surface area contributed by atoms with Crippen molar-refractivity contribution < 1.29 is 28.2 Å². The van der Waals surface area contributed by atoms with Crippen LogP contribution < -0.4 is 15.4 Å². The van der Waals surface area contributed by atoms with Gasteiger partial charge in [-0.1, -0.05) is 6.07 Å². The number of aromatic nitrogens is 3. The molecule has 4 radical (unpaired) electrons. The molecule has 2 aromatic heterocycles. The van der Waals surface area contributed by atoms with Crippen molar-refractivity contribution in [3.05, 3.63) is 77.2 Å². The fourth-order valence-electron chi connectivity index (χ4n) is 3.94. The van der Waals surface area contributed by atoms with Gasteiger partial charge in [-0.05, 0) is 57.0 Å². The zero-order valence-electron chi connectivity index (χ0n) is 22.3. The minimum Gasteiger partial charge on any atom is -0.453 e. The highest BCUT2D eigenvalue weighted by molar-refractivity contribution is 6.39. The lowest BCUT2D eigenvalue weighted by atomic mass is 9.73. The van der Waals surface area contributed by atoms with E-state index in [0.717, 1.165) is 12.1 Å². The molecule has 0 bridgehead atoms. The number of pyridine rings is 1. The van der Waals surface area contributed by atoms with Crippen LogP contribution in [-0.2, 0) is 16.8 Å². The van der Waals surface area contributed by atoms with Gasteiger partial charge in [0.15, 0.2) is 11.6 Å². The zero-order valence-corrected chi connectivity index (χ0v) is 22.3. The molecule has 0 saturated heterocycles. The summed E-state index contributed by atoms with van der Waals surface area (Å²) in [4.78, 5) is 29.0. The number of anilines is 1. The first-order chi connectivity index (χ1) is 18.6. The Morgan fingerprint density at radius 1 is 1.12 bits per heavy atom. The number of rotatable bonds is 7. The summed E-state index contributed by atoms with van der Waals surface area (Å²) in [7, 11) is 10.3. The second-order valence-corrected chi connectivity index (χ2v) is 10.3. The van der Waals surface area contributed by atoms with Gasteiger partial charge in [-0.3, -0.25) is 19.3 Å². The third-order valence-corrected chi connectivity index (χ3v) is 5.77. The molecular weight excluding hydrogens is 518 g/mol. The van der Waals surface area contributed by atoms with Crippen molar-refractivity contribution in [2.24, 2.45) is 0 Å². The minimum atomic E-state index is -2.57. The molecule has 0 aliphatic rings. The van der Waals surface area contributed by atoms with E-state index in [2.05, 4.69) is 15.4 Å². The van der Waals surface area contributed by atoms with Gasteiger partial charge in [0, 0.05) is 29.4 Å². The first kappa shape index (κ1) is 28.8. The number of nitrogens with one attached hydrogen (secondary N) is 2. The van der Waals surface area contributed by atoms with Crippen molar-refractivity contribution in [2.75, 3.05) is 5.32 Å². The van der Waals surface area contributed by atoms with E-state index >= 15 is 4.39 Å². The Morgan fingerprint density at radius 3 is 2.48 bits per heavy atom. The van der Waals surface area contributed by atoms with Gasteiger partial charge in [0.2, 0.25) is 5.91 Å². The van der Waals surface area contributed by atoms with E-state index in [9.17, 15) is 19.1 Å². The predicted octanol–water partition coefficient (Wildman–Crippen LogP) is 3.42. The number of halogens is 2. The smallest absolute Gasteiger partial charge is 0.255 e. The third kappa shape index (κ3) is 6.66. The van der Waals surface area contributed by atoms with Crippen LogP contribution in [0.1, 0.15) is 42.3 Å². The molecule has 2 heterocycles. The SMILES string of the molecule is [B]C([B])(O)NC(=O)c1cc2c(Oc3c(C)cc(CC(=O)Nc4cnn(C(C)(C)C)c4)cc3F)ccnc2cc1F. The molecule has 2 aromatic carbocycles. The van der Waals surface area contributed by atoms with Crippen LogP contribution in [0.5, 0.6) is 11.5 Å². The Balaban J connectivity index is 1.56. The molecular formula is C27H25B2F2N5O4. The quantitative estimate of drug-likeness (QED) is 0.243. The van der Waals surface area contributed by atoms with Crippen molar-refractivity contribution in [3.63, 3.8) is 0 Å². The molecule has 0 fully saturated rings. The summed E-state index contributed by atoms with van der Waals surface area (Å²) >= 11 is 0. The number of aryl methyl sites for hydroxylation is 1. The van der Waals surface area contributed by atoms with E-state index in [4.69, 9.17) is 20.4 Å². The van der Waals surface area contributed by atoms with E-state index in [1.54, 1.807) is 23.9 Å². The molecule has 202 valence electrons. The average molecular weight is 543 g/mol. The Hall–Kier alpha value is -4.25. The molecule has 3 N–H and O–H groups in total. The van der Waals surface area contributed by atoms with Gasteiger partial charge in [0.05, 0.1) is 34.9 Å². The van der Waals surface area contributed by atoms with Gasteiger partial charge in [-0.15, -0.1) is 0 Å². The number of aliphatic hydroxyl groups is 1. The Labute approximate surface area is 231 Å². The fraction of sp³-hybridized carbons (Fsp3) is 0.259. The van der Waals surface area contributed by atoms with Crippen LogP contribution in [0, 0.1) is 18.6 Å². The minimum absolute atomic E-state index is 0.0816. The van der Waals surface area contributed by atoms with Crippen LogP contribution in [0.3, 0.4) is 0 Å². The van der Waals surface area contributed by atoms with E-state index in [1.165, 1.54) is 24.5 Å². The molecule has 40 heavy (non-hydrogen) atoms. The lowest BCUT2D eigenvalue weighted by Crippen LogP contribution is -2.49. The number of fused-ring (bicyclic) bond motifs is 1. The third-order valence-electron chi connectivity index (χ3n) is 5.77.